The van der Waals surface area contributed by atoms with Gasteiger partial charge in [-0.1, -0.05) is 17.7 Å². The minimum atomic E-state index is -0.932. The first-order valence-corrected chi connectivity index (χ1v) is 4.57. The lowest BCUT2D eigenvalue weighted by Gasteiger charge is -2.02. The quantitative estimate of drug-likeness (QED) is 0.798. The van der Waals surface area contributed by atoms with Crippen molar-refractivity contribution in [1.82, 2.24) is 0 Å². The summed E-state index contributed by atoms with van der Waals surface area (Å²) in [5, 5.41) is 17.4. The van der Waals surface area contributed by atoms with Crippen molar-refractivity contribution in [2.24, 2.45) is 0 Å². The Labute approximate surface area is 92.2 Å². The van der Waals surface area contributed by atoms with E-state index in [-0.39, 0.29) is 6.42 Å². The number of rotatable bonds is 3. The first kappa shape index (κ1) is 11.3. The van der Waals surface area contributed by atoms with Crippen LogP contribution in [0.25, 0.3) is 6.08 Å². The summed E-state index contributed by atoms with van der Waals surface area (Å²) in [6.07, 6.45) is 2.81. The van der Waals surface area contributed by atoms with Gasteiger partial charge in [-0.2, -0.15) is 5.26 Å². The van der Waals surface area contributed by atoms with E-state index >= 15 is 0 Å². The van der Waals surface area contributed by atoms with E-state index in [4.69, 9.17) is 22.0 Å². The van der Waals surface area contributed by atoms with Gasteiger partial charge in [-0.05, 0) is 29.3 Å². The number of allylic oxidation sites excluding steroid dienone is 1. The third kappa shape index (κ3) is 3.45. The Bertz CT molecular complexity index is 446. The van der Waals surface area contributed by atoms with Crippen molar-refractivity contribution in [2.45, 2.75) is 6.42 Å². The minimum Gasteiger partial charge on any atom is -0.481 e. The van der Waals surface area contributed by atoms with Gasteiger partial charge < -0.3 is 5.11 Å². The van der Waals surface area contributed by atoms with Crippen molar-refractivity contribution in [1.29, 1.82) is 5.26 Å². The number of aliphatic carboxylic acids is 1. The molecule has 1 N–H and O–H groups in total. The lowest BCUT2D eigenvalue weighted by atomic mass is 10.1. The summed E-state index contributed by atoms with van der Waals surface area (Å²) in [4.78, 5) is 10.5. The van der Waals surface area contributed by atoms with Gasteiger partial charge in [-0.25, -0.2) is 0 Å². The van der Waals surface area contributed by atoms with Gasteiger partial charge >= 0.3 is 5.97 Å². The topological polar surface area (TPSA) is 61.1 Å². The van der Waals surface area contributed by atoms with E-state index in [1.165, 1.54) is 6.08 Å². The maximum absolute atomic E-state index is 10.5. The third-order valence-electron chi connectivity index (χ3n) is 1.76. The monoisotopic (exact) mass is 221 g/mol. The van der Waals surface area contributed by atoms with Gasteiger partial charge in [-0.3, -0.25) is 4.79 Å². The van der Waals surface area contributed by atoms with Crippen molar-refractivity contribution < 1.29 is 9.90 Å². The highest BCUT2D eigenvalue weighted by Crippen LogP contribution is 2.19. The maximum Gasteiger partial charge on any atom is 0.307 e. The molecule has 0 aliphatic heterocycles. The predicted octanol–water partition coefficient (Wildman–Crippen LogP) is 2.50. The molecule has 0 aromatic heterocycles. The predicted molar refractivity (Wildman–Crippen MR) is 57.4 cm³/mol. The van der Waals surface area contributed by atoms with Gasteiger partial charge in [-0.15, -0.1) is 0 Å². The van der Waals surface area contributed by atoms with Crippen LogP contribution in [0.4, 0.5) is 0 Å². The Hall–Kier alpha value is -1.79. The minimum absolute atomic E-state index is 0.118. The van der Waals surface area contributed by atoms with Crippen LogP contribution in [0.3, 0.4) is 0 Å². The fraction of sp³-hybridized carbons (Fsp3) is 0.0909. The van der Waals surface area contributed by atoms with Crippen molar-refractivity contribution in [3.63, 3.8) is 0 Å². The maximum atomic E-state index is 10.5. The van der Waals surface area contributed by atoms with Crippen molar-refractivity contribution in [3.8, 4) is 6.07 Å². The molecule has 1 aromatic carbocycles. The molecule has 0 heterocycles. The van der Waals surface area contributed by atoms with Gasteiger partial charge in [0.05, 0.1) is 12.5 Å². The van der Waals surface area contributed by atoms with Crippen molar-refractivity contribution in [2.75, 3.05) is 0 Å². The van der Waals surface area contributed by atoms with Crippen LogP contribution in [-0.2, 0) is 11.2 Å². The molecule has 3 nitrogen and oxygen atoms in total. The second-order valence-corrected chi connectivity index (χ2v) is 3.29. The summed E-state index contributed by atoms with van der Waals surface area (Å²) < 4.78 is 0. The van der Waals surface area contributed by atoms with Crippen LogP contribution in [0.5, 0.6) is 0 Å². The second-order valence-electron chi connectivity index (χ2n) is 2.88. The van der Waals surface area contributed by atoms with E-state index in [2.05, 4.69) is 0 Å². The number of hydrogen-bond donors (Lipinski definition) is 1. The molecule has 0 aliphatic rings. The van der Waals surface area contributed by atoms with Crippen LogP contribution in [0.2, 0.25) is 5.02 Å². The molecule has 0 spiro atoms. The Morgan fingerprint density at radius 3 is 2.93 bits per heavy atom. The molecule has 0 saturated carbocycles. The summed E-state index contributed by atoms with van der Waals surface area (Å²) in [6.45, 7) is 0. The highest BCUT2D eigenvalue weighted by Gasteiger charge is 2.05. The van der Waals surface area contributed by atoms with Crippen LogP contribution in [0.1, 0.15) is 11.1 Å². The van der Waals surface area contributed by atoms with Gasteiger partial charge in [0.1, 0.15) is 0 Å². The zero-order valence-electron chi connectivity index (χ0n) is 7.77. The molecule has 0 atom stereocenters. The van der Waals surface area contributed by atoms with E-state index in [1.807, 2.05) is 6.07 Å². The number of nitriles is 1. The second kappa shape index (κ2) is 5.18. The Balaban J connectivity index is 3.00. The molecular weight excluding hydrogens is 214 g/mol. The molecular formula is C11H8ClNO2. The molecule has 0 bridgehead atoms. The molecule has 0 aliphatic carbocycles. The fourth-order valence-electron chi connectivity index (χ4n) is 1.13. The highest BCUT2D eigenvalue weighted by atomic mass is 35.5. The Kier molecular flexibility index (Phi) is 3.90. The number of carbonyl (C=O) groups is 1. The van der Waals surface area contributed by atoms with Crippen LogP contribution >= 0.6 is 11.6 Å². The number of carboxylic acid groups (broad SMARTS) is 1. The molecule has 4 heteroatoms. The van der Waals surface area contributed by atoms with E-state index in [1.54, 1.807) is 24.3 Å². The number of carboxylic acids is 1. The normalized spacial score (nSPS) is 10.1. The van der Waals surface area contributed by atoms with Gasteiger partial charge in [0.2, 0.25) is 0 Å². The van der Waals surface area contributed by atoms with E-state index in [9.17, 15) is 4.79 Å². The zero-order valence-corrected chi connectivity index (χ0v) is 8.53. The first-order valence-electron chi connectivity index (χ1n) is 4.20. The average Bonchev–Trinajstić information content (AvgIpc) is 2.18. The molecule has 1 aromatic rings. The highest BCUT2D eigenvalue weighted by molar-refractivity contribution is 6.31. The molecule has 0 amide bonds. The third-order valence-corrected chi connectivity index (χ3v) is 2.13. The molecule has 0 radical (unpaired) electrons. The molecule has 0 unspecified atom stereocenters. The standard InChI is InChI=1S/C11H8ClNO2/c12-10-4-3-8(2-1-5-13)6-9(10)7-11(14)15/h1-4,6H,7H2,(H,14,15). The van der Waals surface area contributed by atoms with Gasteiger partial charge in [0, 0.05) is 11.1 Å². The van der Waals surface area contributed by atoms with Gasteiger partial charge in [0.15, 0.2) is 0 Å². The number of benzene rings is 1. The zero-order chi connectivity index (χ0) is 11.3. The van der Waals surface area contributed by atoms with E-state index < -0.39 is 5.97 Å². The van der Waals surface area contributed by atoms with Crippen molar-refractivity contribution in [3.05, 3.63) is 40.4 Å². The molecule has 0 fully saturated rings. The van der Waals surface area contributed by atoms with Crippen LogP contribution in [-0.4, -0.2) is 11.1 Å². The average molecular weight is 222 g/mol. The largest absolute Gasteiger partial charge is 0.481 e. The smallest absolute Gasteiger partial charge is 0.307 e. The van der Waals surface area contributed by atoms with Crippen molar-refractivity contribution >= 4 is 23.6 Å². The SMILES string of the molecule is N#CC=Cc1ccc(Cl)c(CC(=O)O)c1. The molecule has 1 rings (SSSR count). The van der Waals surface area contributed by atoms with E-state index in [0.717, 1.165) is 5.56 Å². The first-order chi connectivity index (χ1) is 7.13. The summed E-state index contributed by atoms with van der Waals surface area (Å²) in [7, 11) is 0. The molecule has 0 saturated heterocycles. The van der Waals surface area contributed by atoms with Gasteiger partial charge in [0.25, 0.3) is 0 Å². The summed E-state index contributed by atoms with van der Waals surface area (Å²) in [5.41, 5.74) is 1.31. The lowest BCUT2D eigenvalue weighted by molar-refractivity contribution is -0.136. The number of hydrogen-bond acceptors (Lipinski definition) is 2. The Morgan fingerprint density at radius 1 is 1.60 bits per heavy atom. The Morgan fingerprint density at radius 2 is 2.33 bits per heavy atom. The number of nitrogens with zero attached hydrogens (tertiary/aromatic N) is 1. The molecule has 76 valence electrons. The number of halogens is 1. The summed E-state index contributed by atoms with van der Waals surface area (Å²) in [5.74, 6) is -0.932. The fourth-order valence-corrected chi connectivity index (χ4v) is 1.31. The summed E-state index contributed by atoms with van der Waals surface area (Å²) >= 11 is 5.82. The van der Waals surface area contributed by atoms with Crippen LogP contribution in [0, 0.1) is 11.3 Å². The molecule has 15 heavy (non-hydrogen) atoms. The van der Waals surface area contributed by atoms with Crippen LogP contribution in [0.15, 0.2) is 24.3 Å². The lowest BCUT2D eigenvalue weighted by Crippen LogP contribution is -2.00. The van der Waals surface area contributed by atoms with E-state index in [0.29, 0.717) is 10.6 Å². The van der Waals surface area contributed by atoms with Crippen LogP contribution < -0.4 is 0 Å². The summed E-state index contributed by atoms with van der Waals surface area (Å²) in [6, 6.07) is 6.86.